The molecule has 1 aliphatic carbocycles. The van der Waals surface area contributed by atoms with Gasteiger partial charge in [-0.3, -0.25) is 4.79 Å². The maximum absolute atomic E-state index is 12.8. The van der Waals surface area contributed by atoms with E-state index in [-0.39, 0.29) is 11.7 Å². The van der Waals surface area contributed by atoms with E-state index in [1.165, 1.54) is 25.0 Å². The summed E-state index contributed by atoms with van der Waals surface area (Å²) in [5.74, 6) is 0.200. The van der Waals surface area contributed by atoms with Gasteiger partial charge in [0.25, 0.3) is 5.91 Å². The van der Waals surface area contributed by atoms with E-state index in [0.29, 0.717) is 30.5 Å². The van der Waals surface area contributed by atoms with Crippen LogP contribution < -0.4 is 10.6 Å². The third-order valence-corrected chi connectivity index (χ3v) is 4.22. The lowest BCUT2D eigenvalue weighted by molar-refractivity contribution is 0.0948. The van der Waals surface area contributed by atoms with Crippen molar-refractivity contribution in [2.75, 3.05) is 11.9 Å². The van der Waals surface area contributed by atoms with Crippen LogP contribution in [0, 0.1) is 5.82 Å². The van der Waals surface area contributed by atoms with Crippen LogP contribution in [0.5, 0.6) is 0 Å². The van der Waals surface area contributed by atoms with Crippen LogP contribution in [0.25, 0.3) is 0 Å². The van der Waals surface area contributed by atoms with E-state index in [0.717, 1.165) is 18.4 Å². The quantitative estimate of drug-likeness (QED) is 0.855. The van der Waals surface area contributed by atoms with Gasteiger partial charge in [0.1, 0.15) is 11.6 Å². The fraction of sp³-hybridized carbons (Fsp3) is 0.389. The van der Waals surface area contributed by atoms with Crippen molar-refractivity contribution in [1.82, 2.24) is 15.5 Å². The predicted molar refractivity (Wildman–Crippen MR) is 90.3 cm³/mol. The molecule has 5 nitrogen and oxygen atoms in total. The van der Waals surface area contributed by atoms with E-state index in [4.69, 9.17) is 0 Å². The lowest BCUT2D eigenvalue weighted by Crippen LogP contribution is -2.27. The number of anilines is 1. The van der Waals surface area contributed by atoms with Crippen LogP contribution in [0.2, 0.25) is 0 Å². The highest BCUT2D eigenvalue weighted by Gasteiger charge is 2.15. The first-order chi connectivity index (χ1) is 11.7. The minimum atomic E-state index is -0.260. The van der Waals surface area contributed by atoms with Crippen molar-refractivity contribution in [3.63, 3.8) is 0 Å². The Hall–Kier alpha value is -2.50. The van der Waals surface area contributed by atoms with Gasteiger partial charge < -0.3 is 10.6 Å². The van der Waals surface area contributed by atoms with Gasteiger partial charge in [0.2, 0.25) is 0 Å². The van der Waals surface area contributed by atoms with Crippen LogP contribution in [0.15, 0.2) is 36.4 Å². The zero-order valence-corrected chi connectivity index (χ0v) is 13.5. The van der Waals surface area contributed by atoms with Crippen molar-refractivity contribution in [3.8, 4) is 0 Å². The summed E-state index contributed by atoms with van der Waals surface area (Å²) in [6, 6.07) is 10.2. The number of nitrogens with one attached hydrogen (secondary N) is 2. The van der Waals surface area contributed by atoms with Crippen LogP contribution in [0.3, 0.4) is 0 Å². The molecule has 0 radical (unpaired) electrons. The molecule has 0 bridgehead atoms. The Morgan fingerprint density at radius 3 is 2.50 bits per heavy atom. The maximum Gasteiger partial charge on any atom is 0.271 e. The van der Waals surface area contributed by atoms with Crippen molar-refractivity contribution < 1.29 is 9.18 Å². The van der Waals surface area contributed by atoms with Crippen molar-refractivity contribution in [2.45, 2.75) is 38.1 Å². The van der Waals surface area contributed by atoms with Gasteiger partial charge >= 0.3 is 0 Å². The fourth-order valence-corrected chi connectivity index (χ4v) is 2.87. The number of rotatable bonds is 6. The maximum atomic E-state index is 12.8. The molecule has 1 aliphatic rings. The highest BCUT2D eigenvalue weighted by Crippen LogP contribution is 2.21. The van der Waals surface area contributed by atoms with E-state index in [1.54, 1.807) is 24.3 Å². The van der Waals surface area contributed by atoms with Crippen molar-refractivity contribution >= 4 is 11.7 Å². The first kappa shape index (κ1) is 16.4. The molecule has 2 N–H and O–H groups in total. The van der Waals surface area contributed by atoms with Gasteiger partial charge in [-0.1, -0.05) is 25.0 Å². The van der Waals surface area contributed by atoms with E-state index in [1.807, 2.05) is 0 Å². The third kappa shape index (κ3) is 4.50. The summed E-state index contributed by atoms with van der Waals surface area (Å²) in [6.07, 6.45) is 5.46. The average Bonchev–Trinajstić information content (AvgIpc) is 3.10. The minimum Gasteiger partial charge on any atom is -0.366 e. The molecule has 0 aliphatic heterocycles. The highest BCUT2D eigenvalue weighted by molar-refractivity contribution is 5.92. The Bertz CT molecular complexity index is 666. The summed E-state index contributed by atoms with van der Waals surface area (Å²) in [5.41, 5.74) is 1.27. The van der Waals surface area contributed by atoms with E-state index >= 15 is 0 Å². The van der Waals surface area contributed by atoms with Crippen molar-refractivity contribution in [1.29, 1.82) is 0 Å². The number of carbonyl (C=O) groups is 1. The van der Waals surface area contributed by atoms with E-state index in [2.05, 4.69) is 20.8 Å². The lowest BCUT2D eigenvalue weighted by atomic mass is 10.1. The van der Waals surface area contributed by atoms with Gasteiger partial charge in [0.05, 0.1) is 0 Å². The number of nitrogens with zero attached hydrogens (tertiary/aromatic N) is 2. The Balaban J connectivity index is 1.46. The van der Waals surface area contributed by atoms with Crippen molar-refractivity contribution in [3.05, 3.63) is 53.5 Å². The molecule has 3 rings (SSSR count). The number of aromatic nitrogens is 2. The molecule has 1 fully saturated rings. The second-order valence-corrected chi connectivity index (χ2v) is 6.06. The summed E-state index contributed by atoms with van der Waals surface area (Å²) in [5, 5.41) is 14.2. The Morgan fingerprint density at radius 1 is 1.08 bits per heavy atom. The standard InChI is InChI=1S/C18H21FN4O/c19-14-7-5-13(6-8-14)11-12-20-18(24)16-9-10-17(23-22-16)21-15-3-1-2-4-15/h5-10,15H,1-4,11-12H2,(H,20,24)(H,21,23). The zero-order valence-electron chi connectivity index (χ0n) is 13.5. The number of hydrogen-bond acceptors (Lipinski definition) is 4. The number of hydrogen-bond donors (Lipinski definition) is 2. The fourth-order valence-electron chi connectivity index (χ4n) is 2.87. The number of amides is 1. The topological polar surface area (TPSA) is 66.9 Å². The Labute approximate surface area is 140 Å². The van der Waals surface area contributed by atoms with Gasteiger partial charge in [0.15, 0.2) is 5.69 Å². The molecule has 6 heteroatoms. The molecule has 0 saturated heterocycles. The zero-order chi connectivity index (χ0) is 16.8. The first-order valence-electron chi connectivity index (χ1n) is 8.33. The summed E-state index contributed by atoms with van der Waals surface area (Å²) >= 11 is 0. The normalized spacial score (nSPS) is 14.5. The summed E-state index contributed by atoms with van der Waals surface area (Å²) in [7, 11) is 0. The third-order valence-electron chi connectivity index (χ3n) is 4.22. The number of benzene rings is 1. The molecule has 1 saturated carbocycles. The van der Waals surface area contributed by atoms with Crippen LogP contribution in [-0.4, -0.2) is 28.7 Å². The van der Waals surface area contributed by atoms with Gasteiger partial charge in [-0.25, -0.2) is 4.39 Å². The molecule has 0 spiro atoms. The largest absolute Gasteiger partial charge is 0.366 e. The second kappa shape index (κ2) is 7.86. The number of halogens is 1. The molecule has 2 aromatic rings. The first-order valence-corrected chi connectivity index (χ1v) is 8.33. The average molecular weight is 328 g/mol. The molecule has 24 heavy (non-hydrogen) atoms. The van der Waals surface area contributed by atoms with Gasteiger partial charge in [0, 0.05) is 12.6 Å². The second-order valence-electron chi connectivity index (χ2n) is 6.06. The SMILES string of the molecule is O=C(NCCc1ccc(F)cc1)c1ccc(NC2CCCC2)nn1. The highest BCUT2D eigenvalue weighted by atomic mass is 19.1. The minimum absolute atomic E-state index is 0.253. The predicted octanol–water partition coefficient (Wildman–Crippen LogP) is 2.94. The van der Waals surface area contributed by atoms with Crippen LogP contribution >= 0.6 is 0 Å². The van der Waals surface area contributed by atoms with Gasteiger partial charge in [-0.15, -0.1) is 10.2 Å². The monoisotopic (exact) mass is 328 g/mol. The van der Waals surface area contributed by atoms with Crippen LogP contribution in [0.1, 0.15) is 41.7 Å². The lowest BCUT2D eigenvalue weighted by Gasteiger charge is -2.11. The van der Waals surface area contributed by atoms with Crippen molar-refractivity contribution in [2.24, 2.45) is 0 Å². The van der Waals surface area contributed by atoms with Gasteiger partial charge in [-0.05, 0) is 49.1 Å². The molecule has 1 aromatic heterocycles. The molecular formula is C18H21FN4O. The molecule has 1 amide bonds. The van der Waals surface area contributed by atoms with Crippen LogP contribution in [-0.2, 0) is 6.42 Å². The smallest absolute Gasteiger partial charge is 0.271 e. The Morgan fingerprint density at radius 2 is 1.83 bits per heavy atom. The molecular weight excluding hydrogens is 307 g/mol. The van der Waals surface area contributed by atoms with E-state index < -0.39 is 0 Å². The molecule has 0 unspecified atom stereocenters. The Kier molecular flexibility index (Phi) is 5.36. The molecule has 126 valence electrons. The molecule has 1 aromatic carbocycles. The summed E-state index contributed by atoms with van der Waals surface area (Å²) < 4.78 is 12.8. The van der Waals surface area contributed by atoms with Crippen LogP contribution in [0.4, 0.5) is 10.2 Å². The molecule has 0 atom stereocenters. The molecule has 1 heterocycles. The summed E-state index contributed by atoms with van der Waals surface area (Å²) in [4.78, 5) is 12.1. The number of carbonyl (C=O) groups excluding carboxylic acids is 1. The van der Waals surface area contributed by atoms with Gasteiger partial charge in [-0.2, -0.15) is 0 Å². The summed E-state index contributed by atoms with van der Waals surface area (Å²) in [6.45, 7) is 0.466. The van der Waals surface area contributed by atoms with E-state index in [9.17, 15) is 9.18 Å².